The van der Waals surface area contributed by atoms with Gasteiger partial charge in [-0.05, 0) is 6.92 Å². The number of ether oxygens (including phenoxy) is 1. The maximum atomic E-state index is 11.8. The lowest BCUT2D eigenvalue weighted by molar-refractivity contribution is 0.167. The molecule has 1 aromatic heterocycles. The van der Waals surface area contributed by atoms with Crippen LogP contribution < -0.4 is 10.9 Å². The first kappa shape index (κ1) is 15.5. The van der Waals surface area contributed by atoms with Gasteiger partial charge in [-0.2, -0.15) is 5.10 Å². The summed E-state index contributed by atoms with van der Waals surface area (Å²) in [5.74, 6) is 0. The highest BCUT2D eigenvalue weighted by Crippen LogP contribution is 2.14. The van der Waals surface area contributed by atoms with Crippen LogP contribution in [0.1, 0.15) is 6.92 Å². The van der Waals surface area contributed by atoms with Gasteiger partial charge in [-0.15, -0.1) is 6.58 Å². The van der Waals surface area contributed by atoms with Gasteiger partial charge >= 0.3 is 0 Å². The van der Waals surface area contributed by atoms with E-state index in [4.69, 9.17) is 16.3 Å². The molecular weight excluding hydrogens is 266 g/mol. The Hall–Kier alpha value is -1.59. The molecule has 0 aliphatic rings. The second-order valence-electron chi connectivity index (χ2n) is 4.08. The molecule has 0 aliphatic heterocycles. The van der Waals surface area contributed by atoms with E-state index in [1.165, 1.54) is 10.9 Å². The Morgan fingerprint density at radius 3 is 3.05 bits per heavy atom. The molecule has 0 atom stereocenters. The highest BCUT2D eigenvalue weighted by molar-refractivity contribution is 6.32. The number of rotatable bonds is 8. The Morgan fingerprint density at radius 2 is 2.42 bits per heavy atom. The molecule has 0 unspecified atom stereocenters. The van der Waals surface area contributed by atoms with Crippen LogP contribution in [0.5, 0.6) is 0 Å². The molecule has 0 saturated heterocycles. The van der Waals surface area contributed by atoms with E-state index in [-0.39, 0.29) is 10.6 Å². The minimum atomic E-state index is -0.338. The number of aromatic nitrogens is 2. The van der Waals surface area contributed by atoms with Gasteiger partial charge in [-0.3, -0.25) is 4.79 Å². The van der Waals surface area contributed by atoms with Crippen LogP contribution >= 0.6 is 11.6 Å². The lowest BCUT2D eigenvalue weighted by Gasteiger charge is -2.09. The molecule has 5 nitrogen and oxygen atoms in total. The van der Waals surface area contributed by atoms with E-state index in [9.17, 15) is 4.79 Å². The van der Waals surface area contributed by atoms with Gasteiger partial charge < -0.3 is 10.1 Å². The summed E-state index contributed by atoms with van der Waals surface area (Å²) in [6.07, 6.45) is 3.11. The van der Waals surface area contributed by atoms with Crippen molar-refractivity contribution in [1.29, 1.82) is 0 Å². The largest absolute Gasteiger partial charge is 0.380 e. The molecular formula is C13H18ClN3O2. The fourth-order valence-corrected chi connectivity index (χ4v) is 1.56. The van der Waals surface area contributed by atoms with Gasteiger partial charge in [0.2, 0.25) is 0 Å². The highest BCUT2D eigenvalue weighted by Gasteiger charge is 2.07. The van der Waals surface area contributed by atoms with E-state index in [0.717, 1.165) is 5.57 Å². The van der Waals surface area contributed by atoms with Crippen LogP contribution in [-0.4, -0.2) is 29.5 Å². The zero-order valence-electron chi connectivity index (χ0n) is 11.0. The Morgan fingerprint density at radius 1 is 1.68 bits per heavy atom. The fourth-order valence-electron chi connectivity index (χ4n) is 1.34. The average molecular weight is 284 g/mol. The van der Waals surface area contributed by atoms with Crippen molar-refractivity contribution in [1.82, 2.24) is 9.78 Å². The molecule has 0 spiro atoms. The Bertz CT molecular complexity index is 511. The van der Waals surface area contributed by atoms with Crippen molar-refractivity contribution in [2.45, 2.75) is 13.5 Å². The van der Waals surface area contributed by atoms with Crippen LogP contribution in [0.15, 0.2) is 35.8 Å². The first-order valence-corrected chi connectivity index (χ1v) is 6.26. The number of anilines is 1. The SMILES string of the molecule is C=CCn1ncc(NCCOCC(=C)C)c(Cl)c1=O. The Labute approximate surface area is 117 Å². The molecule has 104 valence electrons. The van der Waals surface area contributed by atoms with Crippen molar-refractivity contribution >= 4 is 17.3 Å². The van der Waals surface area contributed by atoms with E-state index in [1.54, 1.807) is 6.08 Å². The minimum absolute atomic E-state index is 0.122. The van der Waals surface area contributed by atoms with E-state index < -0.39 is 0 Å². The molecule has 1 rings (SSSR count). The van der Waals surface area contributed by atoms with Crippen molar-refractivity contribution < 1.29 is 4.74 Å². The number of nitrogens with one attached hydrogen (secondary N) is 1. The third-order valence-corrected chi connectivity index (χ3v) is 2.56. The summed E-state index contributed by atoms with van der Waals surface area (Å²) < 4.78 is 6.58. The topological polar surface area (TPSA) is 56.1 Å². The predicted molar refractivity (Wildman–Crippen MR) is 77.8 cm³/mol. The van der Waals surface area contributed by atoms with Gasteiger partial charge in [0.05, 0.1) is 31.6 Å². The van der Waals surface area contributed by atoms with E-state index in [1.807, 2.05) is 6.92 Å². The summed E-state index contributed by atoms with van der Waals surface area (Å²) in [4.78, 5) is 11.8. The maximum absolute atomic E-state index is 11.8. The number of hydrogen-bond acceptors (Lipinski definition) is 4. The van der Waals surface area contributed by atoms with Crippen molar-refractivity contribution in [3.05, 3.63) is 46.4 Å². The van der Waals surface area contributed by atoms with Crippen molar-refractivity contribution in [3.8, 4) is 0 Å². The van der Waals surface area contributed by atoms with Gasteiger partial charge in [0.15, 0.2) is 0 Å². The van der Waals surface area contributed by atoms with Gasteiger partial charge in [0.1, 0.15) is 5.02 Å². The van der Waals surface area contributed by atoms with Crippen LogP contribution in [0.2, 0.25) is 5.02 Å². The summed E-state index contributed by atoms with van der Waals surface area (Å²) in [6, 6.07) is 0. The molecule has 1 heterocycles. The van der Waals surface area contributed by atoms with Crippen molar-refractivity contribution in [3.63, 3.8) is 0 Å². The average Bonchev–Trinajstić information content (AvgIpc) is 2.37. The van der Waals surface area contributed by atoms with Crippen LogP contribution in [0, 0.1) is 0 Å². The molecule has 0 saturated carbocycles. The molecule has 1 aromatic rings. The number of nitrogens with zero attached hydrogens (tertiary/aromatic N) is 2. The molecule has 0 fully saturated rings. The molecule has 1 N–H and O–H groups in total. The third kappa shape index (κ3) is 4.89. The van der Waals surface area contributed by atoms with Crippen LogP contribution in [0.3, 0.4) is 0 Å². The quantitative estimate of drug-likeness (QED) is 0.586. The van der Waals surface area contributed by atoms with Crippen LogP contribution in [-0.2, 0) is 11.3 Å². The van der Waals surface area contributed by atoms with Gasteiger partial charge in [0, 0.05) is 6.54 Å². The third-order valence-electron chi connectivity index (χ3n) is 2.20. The second kappa shape index (κ2) is 7.76. The zero-order valence-corrected chi connectivity index (χ0v) is 11.7. The van der Waals surface area contributed by atoms with Crippen LogP contribution in [0.25, 0.3) is 0 Å². The number of halogens is 1. The molecule has 0 aromatic carbocycles. The molecule has 19 heavy (non-hydrogen) atoms. The minimum Gasteiger partial charge on any atom is -0.380 e. The molecule has 6 heteroatoms. The Balaban J connectivity index is 2.55. The van der Waals surface area contributed by atoms with E-state index >= 15 is 0 Å². The Kier molecular flexibility index (Phi) is 6.32. The summed E-state index contributed by atoms with van der Waals surface area (Å²) in [7, 11) is 0. The van der Waals surface area contributed by atoms with Gasteiger partial charge in [-0.25, -0.2) is 4.68 Å². The van der Waals surface area contributed by atoms with E-state index in [0.29, 0.717) is 32.0 Å². The number of allylic oxidation sites excluding steroid dienone is 1. The van der Waals surface area contributed by atoms with Crippen molar-refractivity contribution in [2.75, 3.05) is 25.1 Å². The van der Waals surface area contributed by atoms with Crippen LogP contribution in [0.4, 0.5) is 5.69 Å². The van der Waals surface area contributed by atoms with Gasteiger partial charge in [-0.1, -0.05) is 29.8 Å². The van der Waals surface area contributed by atoms with E-state index in [2.05, 4.69) is 23.6 Å². The lowest BCUT2D eigenvalue weighted by atomic mass is 10.4. The summed E-state index contributed by atoms with van der Waals surface area (Å²) in [5, 5.41) is 7.12. The fraction of sp³-hybridized carbons (Fsp3) is 0.385. The molecule has 0 radical (unpaired) electrons. The molecule has 0 aliphatic carbocycles. The summed E-state index contributed by atoms with van der Waals surface area (Å²) >= 11 is 5.97. The predicted octanol–water partition coefficient (Wildman–Crippen LogP) is 2.09. The number of hydrogen-bond donors (Lipinski definition) is 1. The maximum Gasteiger partial charge on any atom is 0.287 e. The lowest BCUT2D eigenvalue weighted by Crippen LogP contribution is -2.24. The summed E-state index contributed by atoms with van der Waals surface area (Å²) in [5.41, 5.74) is 1.13. The van der Waals surface area contributed by atoms with Gasteiger partial charge in [0.25, 0.3) is 5.56 Å². The smallest absolute Gasteiger partial charge is 0.287 e. The standard InChI is InChI=1S/C13H18ClN3O2/c1-4-6-17-13(18)12(14)11(8-16-17)15-5-7-19-9-10(2)3/h4,8,15H,1-2,5-7,9H2,3H3. The molecule has 0 amide bonds. The monoisotopic (exact) mass is 283 g/mol. The zero-order chi connectivity index (χ0) is 14.3. The summed E-state index contributed by atoms with van der Waals surface area (Å²) in [6.45, 7) is 11.1. The van der Waals surface area contributed by atoms with Crippen molar-refractivity contribution in [2.24, 2.45) is 0 Å². The molecule has 0 bridgehead atoms. The first-order chi connectivity index (χ1) is 9.06. The highest BCUT2D eigenvalue weighted by atomic mass is 35.5. The second-order valence-corrected chi connectivity index (χ2v) is 4.46. The first-order valence-electron chi connectivity index (χ1n) is 5.88. The normalized spacial score (nSPS) is 10.2.